The molecule has 0 amide bonds. The number of aryl methyl sites for hydroxylation is 1. The summed E-state index contributed by atoms with van der Waals surface area (Å²) in [6.45, 7) is 12.2. The van der Waals surface area contributed by atoms with Crippen molar-refractivity contribution in [1.82, 2.24) is 0 Å². The minimum atomic E-state index is 0.324. The van der Waals surface area contributed by atoms with Crippen molar-refractivity contribution < 1.29 is 0 Å². The summed E-state index contributed by atoms with van der Waals surface area (Å²) in [4.78, 5) is 0. The third kappa shape index (κ3) is 3.15. The van der Waals surface area contributed by atoms with Gasteiger partial charge in [-0.1, -0.05) is 89.6 Å². The maximum Gasteiger partial charge on any atom is -0.00435 e. The number of hydrogen-bond acceptors (Lipinski definition) is 0. The fourth-order valence-electron chi connectivity index (χ4n) is 5.78. The Balaban J connectivity index is 1.68. The Kier molecular flexibility index (Phi) is 5.25. The van der Waals surface area contributed by atoms with Crippen LogP contribution in [0.4, 0.5) is 0 Å². The average molecular weight is 373 g/mol. The first-order valence-corrected chi connectivity index (χ1v) is 11.4. The van der Waals surface area contributed by atoms with Gasteiger partial charge in [0.05, 0.1) is 0 Å². The van der Waals surface area contributed by atoms with Gasteiger partial charge in [-0.15, -0.1) is 0 Å². The molecule has 28 heavy (non-hydrogen) atoms. The Bertz CT molecular complexity index is 980. The van der Waals surface area contributed by atoms with E-state index in [0.717, 1.165) is 17.8 Å². The van der Waals surface area contributed by atoms with Crippen LogP contribution in [0.25, 0.3) is 21.5 Å². The summed E-state index contributed by atoms with van der Waals surface area (Å²) in [5.74, 6) is 2.41. The van der Waals surface area contributed by atoms with Crippen LogP contribution in [-0.2, 0) is 11.8 Å². The van der Waals surface area contributed by atoms with Gasteiger partial charge in [0, 0.05) is 0 Å². The van der Waals surface area contributed by atoms with Gasteiger partial charge in [-0.25, -0.2) is 0 Å². The quantitative estimate of drug-likeness (QED) is 0.382. The summed E-state index contributed by atoms with van der Waals surface area (Å²) in [5, 5.41) is 5.66. The molecule has 1 aliphatic rings. The van der Waals surface area contributed by atoms with Gasteiger partial charge >= 0.3 is 0 Å². The van der Waals surface area contributed by atoms with E-state index in [9.17, 15) is 0 Å². The molecule has 148 valence electrons. The van der Waals surface area contributed by atoms with Gasteiger partial charge in [0.1, 0.15) is 0 Å². The fourth-order valence-corrected chi connectivity index (χ4v) is 5.78. The van der Waals surface area contributed by atoms with Crippen LogP contribution in [0, 0.1) is 17.8 Å². The van der Waals surface area contributed by atoms with Crippen molar-refractivity contribution in [2.45, 2.75) is 72.1 Å². The minimum Gasteiger partial charge on any atom is -0.0651 e. The Labute approximate surface area is 171 Å². The number of hydrogen-bond donors (Lipinski definition) is 0. The van der Waals surface area contributed by atoms with Crippen molar-refractivity contribution in [2.24, 2.45) is 17.8 Å². The first-order valence-electron chi connectivity index (χ1n) is 11.4. The van der Waals surface area contributed by atoms with Crippen molar-refractivity contribution in [2.75, 3.05) is 0 Å². The topological polar surface area (TPSA) is 0 Å². The van der Waals surface area contributed by atoms with Gasteiger partial charge in [-0.2, -0.15) is 0 Å². The van der Waals surface area contributed by atoms with Crippen molar-refractivity contribution in [3.63, 3.8) is 0 Å². The second kappa shape index (κ2) is 7.54. The van der Waals surface area contributed by atoms with E-state index in [0.29, 0.717) is 5.41 Å². The molecule has 3 atom stereocenters. The summed E-state index contributed by atoms with van der Waals surface area (Å²) in [5.41, 5.74) is 3.57. The van der Waals surface area contributed by atoms with E-state index < -0.39 is 0 Å². The highest BCUT2D eigenvalue weighted by atomic mass is 14.4. The molecule has 0 nitrogen and oxygen atoms in total. The molecule has 0 heteroatoms. The lowest BCUT2D eigenvalue weighted by Gasteiger charge is -2.34. The van der Waals surface area contributed by atoms with E-state index in [1.165, 1.54) is 53.6 Å². The van der Waals surface area contributed by atoms with Crippen LogP contribution < -0.4 is 0 Å². The van der Waals surface area contributed by atoms with Crippen LogP contribution in [-0.4, -0.2) is 0 Å². The van der Waals surface area contributed by atoms with Gasteiger partial charge in [0.2, 0.25) is 0 Å². The maximum atomic E-state index is 2.53. The van der Waals surface area contributed by atoms with Crippen LogP contribution in [0.2, 0.25) is 0 Å². The molecule has 0 aromatic heterocycles. The van der Waals surface area contributed by atoms with Crippen LogP contribution in [0.15, 0.2) is 48.5 Å². The second-order valence-corrected chi connectivity index (χ2v) is 9.78. The van der Waals surface area contributed by atoms with Gasteiger partial charge in [-0.3, -0.25) is 0 Å². The SMILES string of the molecule is CC[C@H](CC[C@@H](C)[C@]1(C)CCc2c1ccc1c2ccc2ccccc21)C(C)C. The molecule has 0 fully saturated rings. The zero-order valence-corrected chi connectivity index (χ0v) is 18.4. The maximum absolute atomic E-state index is 2.53. The smallest absolute Gasteiger partial charge is 0.00435 e. The molecule has 0 aliphatic heterocycles. The Hall–Kier alpha value is -1.82. The monoisotopic (exact) mass is 372 g/mol. The lowest BCUT2D eigenvalue weighted by Crippen LogP contribution is -2.28. The van der Waals surface area contributed by atoms with Gasteiger partial charge in [0.15, 0.2) is 0 Å². The molecule has 1 aliphatic carbocycles. The van der Waals surface area contributed by atoms with Gasteiger partial charge in [-0.05, 0) is 81.5 Å². The highest BCUT2D eigenvalue weighted by Gasteiger charge is 2.39. The molecule has 0 spiro atoms. The van der Waals surface area contributed by atoms with Gasteiger partial charge in [0.25, 0.3) is 0 Å². The molecule has 0 bridgehead atoms. The van der Waals surface area contributed by atoms with Crippen molar-refractivity contribution >= 4 is 21.5 Å². The lowest BCUT2D eigenvalue weighted by molar-refractivity contribution is 0.249. The molecule has 3 aromatic carbocycles. The number of benzene rings is 3. The molecule has 3 aromatic rings. The molecule has 4 rings (SSSR count). The van der Waals surface area contributed by atoms with Crippen molar-refractivity contribution in [1.29, 1.82) is 0 Å². The zero-order chi connectivity index (χ0) is 19.9. The predicted octanol–water partition coefficient (Wildman–Crippen LogP) is 8.30. The van der Waals surface area contributed by atoms with E-state index >= 15 is 0 Å². The average Bonchev–Trinajstić information content (AvgIpc) is 3.06. The summed E-state index contributed by atoms with van der Waals surface area (Å²) in [6.07, 6.45) is 6.57. The van der Waals surface area contributed by atoms with E-state index in [1.807, 2.05) is 0 Å². The second-order valence-electron chi connectivity index (χ2n) is 9.78. The van der Waals surface area contributed by atoms with E-state index in [2.05, 4.69) is 83.1 Å². The number of rotatable bonds is 6. The van der Waals surface area contributed by atoms with E-state index in [1.54, 1.807) is 11.1 Å². The molecule has 0 N–H and O–H groups in total. The van der Waals surface area contributed by atoms with Crippen LogP contribution in [0.3, 0.4) is 0 Å². The van der Waals surface area contributed by atoms with Gasteiger partial charge < -0.3 is 0 Å². The van der Waals surface area contributed by atoms with E-state index in [-0.39, 0.29) is 0 Å². The van der Waals surface area contributed by atoms with Crippen LogP contribution in [0.1, 0.15) is 71.4 Å². The molecule has 0 saturated heterocycles. The molecular weight excluding hydrogens is 336 g/mol. The van der Waals surface area contributed by atoms with Crippen LogP contribution in [0.5, 0.6) is 0 Å². The first kappa shape index (κ1) is 19.5. The molecule has 0 unspecified atom stereocenters. The predicted molar refractivity (Wildman–Crippen MR) is 124 cm³/mol. The Morgan fingerprint density at radius 2 is 1.61 bits per heavy atom. The Morgan fingerprint density at radius 1 is 0.857 bits per heavy atom. The molecule has 0 heterocycles. The lowest BCUT2D eigenvalue weighted by atomic mass is 9.70. The largest absolute Gasteiger partial charge is 0.0651 e. The fraction of sp³-hybridized carbons (Fsp3) is 0.500. The first-order chi connectivity index (χ1) is 13.5. The highest BCUT2D eigenvalue weighted by molar-refractivity contribution is 6.08. The number of fused-ring (bicyclic) bond motifs is 5. The third-order valence-corrected chi connectivity index (χ3v) is 8.07. The molecule has 0 radical (unpaired) electrons. The summed E-state index contributed by atoms with van der Waals surface area (Å²) in [6, 6.07) is 18.4. The van der Waals surface area contributed by atoms with Crippen LogP contribution >= 0.6 is 0 Å². The molecular formula is C28H36. The standard InChI is InChI=1S/C28H36/c1-6-21(19(2)3)12-11-20(4)28(5)18-17-26-25-14-13-22-9-7-8-10-23(22)24(25)15-16-27(26)28/h7-10,13-16,19-21H,6,11-12,17-18H2,1-5H3/t20-,21-,28+/m1/s1. The molecule has 0 saturated carbocycles. The third-order valence-electron chi connectivity index (χ3n) is 8.07. The van der Waals surface area contributed by atoms with Crippen molar-refractivity contribution in [3.05, 3.63) is 59.7 Å². The summed E-state index contributed by atoms with van der Waals surface area (Å²) >= 11 is 0. The van der Waals surface area contributed by atoms with E-state index in [4.69, 9.17) is 0 Å². The minimum absolute atomic E-state index is 0.324. The normalized spacial score (nSPS) is 21.4. The summed E-state index contributed by atoms with van der Waals surface area (Å²) in [7, 11) is 0. The Morgan fingerprint density at radius 3 is 2.36 bits per heavy atom. The summed E-state index contributed by atoms with van der Waals surface area (Å²) < 4.78 is 0. The van der Waals surface area contributed by atoms with Crippen molar-refractivity contribution in [3.8, 4) is 0 Å². The zero-order valence-electron chi connectivity index (χ0n) is 18.4. The highest BCUT2D eigenvalue weighted by Crippen LogP contribution is 2.48.